The zero-order valence-corrected chi connectivity index (χ0v) is 15.1. The van der Waals surface area contributed by atoms with E-state index >= 15 is 0 Å². The Bertz CT molecular complexity index is 657. The van der Waals surface area contributed by atoms with Crippen LogP contribution in [0.5, 0.6) is 0 Å². The zero-order chi connectivity index (χ0) is 18.4. The molecule has 3 amide bonds. The largest absolute Gasteiger partial charge is 0.452 e. The number of amides is 3. The number of hydrogen-bond acceptors (Lipinski definition) is 4. The minimum absolute atomic E-state index is 0.0824. The fourth-order valence-corrected chi connectivity index (χ4v) is 3.06. The third kappa shape index (κ3) is 5.59. The van der Waals surface area contributed by atoms with Crippen molar-refractivity contribution in [3.63, 3.8) is 0 Å². The summed E-state index contributed by atoms with van der Waals surface area (Å²) < 4.78 is 5.01. The number of benzene rings is 1. The first-order chi connectivity index (χ1) is 11.9. The summed E-state index contributed by atoms with van der Waals surface area (Å²) in [6, 6.07) is 4.98. The van der Waals surface area contributed by atoms with Crippen molar-refractivity contribution in [3.05, 3.63) is 34.9 Å². The Balaban J connectivity index is 1.79. The number of carbonyl (C=O) groups excluding carboxylic acids is 3. The minimum atomic E-state index is -0.639. The summed E-state index contributed by atoms with van der Waals surface area (Å²) in [4.78, 5) is 35.8. The van der Waals surface area contributed by atoms with Crippen LogP contribution in [0.4, 0.5) is 4.79 Å². The van der Waals surface area contributed by atoms with E-state index in [2.05, 4.69) is 17.6 Å². The molecule has 0 bridgehead atoms. The fourth-order valence-electron chi connectivity index (χ4n) is 3.06. The number of urea groups is 1. The molecule has 0 aromatic heterocycles. The number of nitrogens with one attached hydrogen (secondary N) is 2. The highest BCUT2D eigenvalue weighted by Crippen LogP contribution is 2.23. The highest BCUT2D eigenvalue weighted by Gasteiger charge is 2.23. The quantitative estimate of drug-likeness (QED) is 0.821. The molecule has 0 aliphatic heterocycles. The molecule has 1 fully saturated rings. The number of ether oxygens (including phenoxy) is 1. The van der Waals surface area contributed by atoms with Gasteiger partial charge in [0.2, 0.25) is 0 Å². The van der Waals surface area contributed by atoms with E-state index in [-0.39, 0.29) is 6.04 Å². The maximum atomic E-state index is 12.1. The molecular weight excluding hydrogens is 320 g/mol. The topological polar surface area (TPSA) is 84.5 Å². The van der Waals surface area contributed by atoms with Gasteiger partial charge in [0.25, 0.3) is 5.91 Å². The van der Waals surface area contributed by atoms with Crippen molar-refractivity contribution in [2.45, 2.75) is 52.5 Å². The summed E-state index contributed by atoms with van der Waals surface area (Å²) >= 11 is 0. The van der Waals surface area contributed by atoms with Gasteiger partial charge in [-0.15, -0.1) is 0 Å². The molecule has 6 heteroatoms. The second-order valence-electron chi connectivity index (χ2n) is 6.78. The van der Waals surface area contributed by atoms with Crippen LogP contribution in [0, 0.1) is 19.8 Å². The first kappa shape index (κ1) is 19.0. The fraction of sp³-hybridized carbons (Fsp3) is 0.526. The Morgan fingerprint density at radius 2 is 1.88 bits per heavy atom. The third-order valence-corrected chi connectivity index (χ3v) is 4.63. The van der Waals surface area contributed by atoms with Crippen LogP contribution < -0.4 is 10.6 Å². The molecule has 0 saturated heterocycles. The maximum Gasteiger partial charge on any atom is 0.338 e. The molecule has 1 aliphatic carbocycles. The molecule has 0 radical (unpaired) electrons. The van der Waals surface area contributed by atoms with E-state index in [1.54, 1.807) is 13.0 Å². The van der Waals surface area contributed by atoms with Crippen LogP contribution in [0.1, 0.15) is 54.1 Å². The molecule has 1 aromatic rings. The van der Waals surface area contributed by atoms with Gasteiger partial charge in [-0.1, -0.05) is 37.5 Å². The third-order valence-electron chi connectivity index (χ3n) is 4.63. The Labute approximate surface area is 148 Å². The lowest BCUT2D eigenvalue weighted by Crippen LogP contribution is -2.48. The number of rotatable bonds is 4. The van der Waals surface area contributed by atoms with Crippen LogP contribution in [0.15, 0.2) is 18.2 Å². The van der Waals surface area contributed by atoms with Gasteiger partial charge in [0.1, 0.15) is 0 Å². The molecule has 136 valence electrons. The summed E-state index contributed by atoms with van der Waals surface area (Å²) in [6.07, 6.45) is 4.25. The molecule has 1 saturated carbocycles. The zero-order valence-electron chi connectivity index (χ0n) is 15.1. The van der Waals surface area contributed by atoms with Crippen LogP contribution >= 0.6 is 0 Å². The lowest BCUT2D eigenvalue weighted by molar-refractivity contribution is -0.123. The lowest BCUT2D eigenvalue weighted by Gasteiger charge is -2.29. The Morgan fingerprint density at radius 1 is 1.16 bits per heavy atom. The summed E-state index contributed by atoms with van der Waals surface area (Å²) in [5, 5.41) is 5.04. The maximum absolute atomic E-state index is 12.1. The van der Waals surface area contributed by atoms with E-state index in [4.69, 9.17) is 4.74 Å². The van der Waals surface area contributed by atoms with Crippen LogP contribution in [0.25, 0.3) is 0 Å². The van der Waals surface area contributed by atoms with Crippen molar-refractivity contribution in [2.75, 3.05) is 6.61 Å². The van der Waals surface area contributed by atoms with Gasteiger partial charge in [-0.25, -0.2) is 9.59 Å². The van der Waals surface area contributed by atoms with E-state index in [0.29, 0.717) is 11.5 Å². The molecule has 6 nitrogen and oxygen atoms in total. The van der Waals surface area contributed by atoms with Crippen molar-refractivity contribution >= 4 is 17.9 Å². The van der Waals surface area contributed by atoms with Crippen LogP contribution in [-0.2, 0) is 9.53 Å². The monoisotopic (exact) mass is 346 g/mol. The summed E-state index contributed by atoms with van der Waals surface area (Å²) in [6.45, 7) is 5.28. The van der Waals surface area contributed by atoms with E-state index in [0.717, 1.165) is 30.4 Å². The van der Waals surface area contributed by atoms with E-state index < -0.39 is 24.5 Å². The highest BCUT2D eigenvalue weighted by atomic mass is 16.5. The predicted molar refractivity (Wildman–Crippen MR) is 94.3 cm³/mol. The van der Waals surface area contributed by atoms with Gasteiger partial charge < -0.3 is 10.1 Å². The first-order valence-corrected chi connectivity index (χ1v) is 8.71. The number of aryl methyl sites for hydroxylation is 2. The summed E-state index contributed by atoms with van der Waals surface area (Å²) in [5.74, 6) is -0.811. The van der Waals surface area contributed by atoms with Gasteiger partial charge in [-0.2, -0.15) is 0 Å². The first-order valence-electron chi connectivity index (χ1n) is 8.71. The molecule has 2 rings (SSSR count). The van der Waals surface area contributed by atoms with E-state index in [1.807, 2.05) is 19.1 Å². The smallest absolute Gasteiger partial charge is 0.338 e. The molecule has 1 aliphatic rings. The van der Waals surface area contributed by atoms with Crippen molar-refractivity contribution < 1.29 is 19.1 Å². The summed E-state index contributed by atoms with van der Waals surface area (Å²) in [7, 11) is 0. The lowest BCUT2D eigenvalue weighted by atomic mass is 9.86. The molecule has 0 spiro atoms. The van der Waals surface area contributed by atoms with Crippen LogP contribution in [0.2, 0.25) is 0 Å². The Morgan fingerprint density at radius 3 is 2.60 bits per heavy atom. The number of esters is 1. The SMILES string of the molecule is Cc1ccc(C)c(C(=O)OCC(=O)NC(=O)N[C@H]2CCCC[C@@H]2C)c1. The van der Waals surface area contributed by atoms with Gasteiger partial charge in [-0.05, 0) is 44.2 Å². The molecular formula is C19H26N2O4. The van der Waals surface area contributed by atoms with Gasteiger partial charge in [0.05, 0.1) is 5.56 Å². The second-order valence-corrected chi connectivity index (χ2v) is 6.78. The Kier molecular flexibility index (Phi) is 6.56. The van der Waals surface area contributed by atoms with Crippen LogP contribution in [-0.4, -0.2) is 30.6 Å². The molecule has 2 N–H and O–H groups in total. The normalized spacial score (nSPS) is 19.8. The molecule has 0 unspecified atom stereocenters. The van der Waals surface area contributed by atoms with Gasteiger partial charge in [0, 0.05) is 6.04 Å². The number of carbonyl (C=O) groups is 3. The Hall–Kier alpha value is -2.37. The predicted octanol–water partition coefficient (Wildman–Crippen LogP) is 2.86. The summed E-state index contributed by atoms with van der Waals surface area (Å²) in [5.41, 5.74) is 2.14. The molecule has 0 heterocycles. The minimum Gasteiger partial charge on any atom is -0.452 e. The number of imide groups is 1. The van der Waals surface area contributed by atoms with Gasteiger partial charge in [0.15, 0.2) is 6.61 Å². The van der Waals surface area contributed by atoms with E-state index in [1.165, 1.54) is 6.42 Å². The molecule has 1 aromatic carbocycles. The second kappa shape index (κ2) is 8.65. The number of hydrogen-bond donors (Lipinski definition) is 2. The average Bonchev–Trinajstić information content (AvgIpc) is 2.57. The van der Waals surface area contributed by atoms with Crippen molar-refractivity contribution in [1.82, 2.24) is 10.6 Å². The highest BCUT2D eigenvalue weighted by molar-refractivity contribution is 5.97. The standard InChI is InChI=1S/C19H26N2O4/c1-12-8-9-13(2)15(10-12)18(23)25-11-17(22)21-19(24)20-16-7-5-4-6-14(16)3/h8-10,14,16H,4-7,11H2,1-3H3,(H2,20,21,22,24)/t14-,16-/m0/s1. The van der Waals surface area contributed by atoms with Crippen molar-refractivity contribution in [2.24, 2.45) is 5.92 Å². The van der Waals surface area contributed by atoms with E-state index in [9.17, 15) is 14.4 Å². The molecule has 2 atom stereocenters. The van der Waals surface area contributed by atoms with Crippen molar-refractivity contribution in [3.8, 4) is 0 Å². The molecule has 25 heavy (non-hydrogen) atoms. The average molecular weight is 346 g/mol. The van der Waals surface area contributed by atoms with Crippen molar-refractivity contribution in [1.29, 1.82) is 0 Å². The van der Waals surface area contributed by atoms with Gasteiger partial charge in [-0.3, -0.25) is 10.1 Å². The van der Waals surface area contributed by atoms with Gasteiger partial charge >= 0.3 is 12.0 Å². The van der Waals surface area contributed by atoms with Crippen LogP contribution in [0.3, 0.4) is 0 Å².